The summed E-state index contributed by atoms with van der Waals surface area (Å²) in [4.78, 5) is 16.9. The van der Waals surface area contributed by atoms with Gasteiger partial charge < -0.3 is 14.4 Å². The smallest absolute Gasteiger partial charge is 0.325 e. The molecule has 3 heterocycles. The maximum atomic E-state index is 11.9. The number of ether oxygens (including phenoxy) is 1. The first-order valence-electron chi connectivity index (χ1n) is 9.77. The van der Waals surface area contributed by atoms with Crippen molar-refractivity contribution in [1.29, 1.82) is 0 Å². The quantitative estimate of drug-likeness (QED) is 0.830. The van der Waals surface area contributed by atoms with E-state index < -0.39 is 0 Å². The summed E-state index contributed by atoms with van der Waals surface area (Å²) >= 11 is 0. The van der Waals surface area contributed by atoms with Crippen molar-refractivity contribution in [1.82, 2.24) is 14.4 Å². The van der Waals surface area contributed by atoms with Crippen LogP contribution >= 0.6 is 0 Å². The Kier molecular flexibility index (Phi) is 4.97. The second kappa shape index (κ2) is 7.26. The molecule has 6 heteroatoms. The number of benzene rings is 1. The minimum Gasteiger partial charge on any atom is -0.468 e. The first-order valence-corrected chi connectivity index (χ1v) is 9.77. The number of nitrogens with zero attached hydrogens (tertiary/aromatic N) is 3. The number of para-hydroxylation sites is 1. The number of carbonyl (C=O) groups excluding carboxylic acids is 1. The average Bonchev–Trinajstić information content (AvgIpc) is 3.13. The van der Waals surface area contributed by atoms with Gasteiger partial charge in [-0.3, -0.25) is 14.6 Å². The zero-order valence-corrected chi connectivity index (χ0v) is 16.4. The molecule has 3 atom stereocenters. The number of methoxy groups -OCH3 is 1. The largest absolute Gasteiger partial charge is 0.468 e. The minimum absolute atomic E-state index is 0.189. The van der Waals surface area contributed by atoms with Crippen LogP contribution < -0.4 is 0 Å². The lowest BCUT2D eigenvalue weighted by atomic mass is 10.0. The standard InChI is InChI=1S/C21H29N3O3/c1-14-9-23-11-17(25)8-16(23)10-22(14)12-19-15(2)24(13-21(26)27-3)20-7-5-4-6-18(19)20/h4-7,14,16-17,25H,8-13H2,1-3H3/t14-,16?,17+/m0/s1. The van der Waals surface area contributed by atoms with Crippen LogP contribution in [-0.2, 0) is 22.6 Å². The van der Waals surface area contributed by atoms with Crippen molar-refractivity contribution >= 4 is 16.9 Å². The van der Waals surface area contributed by atoms with Crippen molar-refractivity contribution < 1.29 is 14.6 Å². The molecular weight excluding hydrogens is 342 g/mol. The molecule has 0 radical (unpaired) electrons. The van der Waals surface area contributed by atoms with Crippen LogP contribution in [0.1, 0.15) is 24.6 Å². The summed E-state index contributed by atoms with van der Waals surface area (Å²) in [5, 5.41) is 11.2. The van der Waals surface area contributed by atoms with Gasteiger partial charge in [-0.15, -0.1) is 0 Å². The topological polar surface area (TPSA) is 57.9 Å². The van der Waals surface area contributed by atoms with Crippen LogP contribution in [0, 0.1) is 6.92 Å². The Morgan fingerprint density at radius 3 is 2.81 bits per heavy atom. The molecule has 0 spiro atoms. The molecule has 0 aliphatic carbocycles. The Labute approximate surface area is 160 Å². The second-order valence-electron chi connectivity index (χ2n) is 8.02. The Bertz CT molecular complexity index is 847. The molecule has 146 valence electrons. The molecule has 6 nitrogen and oxygen atoms in total. The molecule has 1 aromatic carbocycles. The van der Waals surface area contributed by atoms with Crippen LogP contribution in [0.2, 0.25) is 0 Å². The van der Waals surface area contributed by atoms with Gasteiger partial charge in [0.05, 0.1) is 13.2 Å². The predicted octanol–water partition coefficient (Wildman–Crippen LogP) is 1.76. The number of aliphatic hydroxyl groups excluding tert-OH is 1. The first-order chi connectivity index (χ1) is 13.0. The van der Waals surface area contributed by atoms with Crippen molar-refractivity contribution in [2.75, 3.05) is 26.7 Å². The number of aliphatic hydroxyl groups is 1. The van der Waals surface area contributed by atoms with Crippen molar-refractivity contribution in [3.63, 3.8) is 0 Å². The van der Waals surface area contributed by atoms with Crippen molar-refractivity contribution in [3.05, 3.63) is 35.5 Å². The number of fused-ring (bicyclic) bond motifs is 2. The van der Waals surface area contributed by atoms with E-state index in [4.69, 9.17) is 4.74 Å². The lowest BCUT2D eigenvalue weighted by Crippen LogP contribution is -2.54. The maximum Gasteiger partial charge on any atom is 0.325 e. The van der Waals surface area contributed by atoms with E-state index in [-0.39, 0.29) is 18.6 Å². The van der Waals surface area contributed by atoms with Crippen LogP contribution in [0.4, 0.5) is 0 Å². The molecule has 27 heavy (non-hydrogen) atoms. The van der Waals surface area contributed by atoms with Gasteiger partial charge in [0.2, 0.25) is 0 Å². The fourth-order valence-electron chi connectivity index (χ4n) is 4.80. The van der Waals surface area contributed by atoms with Crippen LogP contribution in [0.15, 0.2) is 24.3 Å². The van der Waals surface area contributed by atoms with Gasteiger partial charge in [-0.1, -0.05) is 18.2 Å². The van der Waals surface area contributed by atoms with Gasteiger partial charge in [0.25, 0.3) is 0 Å². The molecule has 1 N–H and O–H groups in total. The molecule has 0 saturated carbocycles. The third kappa shape index (κ3) is 3.37. The molecule has 0 amide bonds. The Morgan fingerprint density at radius 1 is 1.26 bits per heavy atom. The summed E-state index contributed by atoms with van der Waals surface area (Å²) in [5.74, 6) is -0.229. The fourth-order valence-corrected chi connectivity index (χ4v) is 4.80. The third-order valence-electron chi connectivity index (χ3n) is 6.31. The molecule has 2 aliphatic rings. The summed E-state index contributed by atoms with van der Waals surface area (Å²) in [6.45, 7) is 8.25. The van der Waals surface area contributed by atoms with Gasteiger partial charge in [0.15, 0.2) is 0 Å². The summed E-state index contributed by atoms with van der Waals surface area (Å²) < 4.78 is 6.96. The molecule has 1 unspecified atom stereocenters. The summed E-state index contributed by atoms with van der Waals surface area (Å²) in [5.41, 5.74) is 3.49. The SMILES string of the molecule is COC(=O)Cn1c(C)c(CN2CC3C[C@@H](O)CN3C[C@@H]2C)c2ccccc21. The van der Waals surface area contributed by atoms with Gasteiger partial charge in [-0.25, -0.2) is 0 Å². The monoisotopic (exact) mass is 371 g/mol. The minimum atomic E-state index is -0.229. The summed E-state index contributed by atoms with van der Waals surface area (Å²) in [7, 11) is 1.43. The van der Waals surface area contributed by atoms with Gasteiger partial charge >= 0.3 is 5.97 Å². The van der Waals surface area contributed by atoms with Crippen molar-refractivity contribution in [2.45, 2.75) is 51.5 Å². The predicted molar refractivity (Wildman–Crippen MR) is 105 cm³/mol. The normalized spacial score (nSPS) is 26.4. The Balaban J connectivity index is 1.64. The van der Waals surface area contributed by atoms with E-state index >= 15 is 0 Å². The number of rotatable bonds is 4. The molecule has 2 aromatic rings. The van der Waals surface area contributed by atoms with E-state index in [1.807, 2.05) is 6.07 Å². The molecule has 2 fully saturated rings. The Morgan fingerprint density at radius 2 is 2.04 bits per heavy atom. The zero-order valence-electron chi connectivity index (χ0n) is 16.4. The number of piperazine rings is 1. The fraction of sp³-hybridized carbons (Fsp3) is 0.571. The molecule has 2 saturated heterocycles. The summed E-state index contributed by atoms with van der Waals surface area (Å²) in [6.07, 6.45) is 0.678. The van der Waals surface area contributed by atoms with E-state index in [2.05, 4.69) is 46.4 Å². The number of aromatic nitrogens is 1. The van der Waals surface area contributed by atoms with Crippen molar-refractivity contribution in [2.24, 2.45) is 0 Å². The highest BCUT2D eigenvalue weighted by Gasteiger charge is 2.38. The van der Waals surface area contributed by atoms with Gasteiger partial charge in [0, 0.05) is 54.9 Å². The van der Waals surface area contributed by atoms with E-state index in [1.54, 1.807) is 0 Å². The molecule has 0 bridgehead atoms. The van der Waals surface area contributed by atoms with Gasteiger partial charge in [0.1, 0.15) is 6.54 Å². The van der Waals surface area contributed by atoms with Gasteiger partial charge in [-0.2, -0.15) is 0 Å². The number of hydrogen-bond acceptors (Lipinski definition) is 5. The zero-order chi connectivity index (χ0) is 19.1. The lowest BCUT2D eigenvalue weighted by molar-refractivity contribution is -0.141. The third-order valence-corrected chi connectivity index (χ3v) is 6.31. The number of esters is 1. The van der Waals surface area contributed by atoms with Crippen LogP contribution in [-0.4, -0.2) is 70.4 Å². The van der Waals surface area contributed by atoms with E-state index in [1.165, 1.54) is 18.1 Å². The molecule has 1 aromatic heterocycles. The van der Waals surface area contributed by atoms with Crippen LogP contribution in [0.25, 0.3) is 10.9 Å². The number of carbonyl (C=O) groups is 1. The molecular formula is C21H29N3O3. The number of hydrogen-bond donors (Lipinski definition) is 1. The Hall–Kier alpha value is -1.89. The van der Waals surface area contributed by atoms with Crippen LogP contribution in [0.3, 0.4) is 0 Å². The van der Waals surface area contributed by atoms with E-state index in [0.717, 1.165) is 43.8 Å². The summed E-state index contributed by atoms with van der Waals surface area (Å²) in [6, 6.07) is 9.17. The van der Waals surface area contributed by atoms with Crippen molar-refractivity contribution in [3.8, 4) is 0 Å². The van der Waals surface area contributed by atoms with E-state index in [0.29, 0.717) is 12.1 Å². The highest BCUT2D eigenvalue weighted by atomic mass is 16.5. The highest BCUT2D eigenvalue weighted by Crippen LogP contribution is 2.31. The van der Waals surface area contributed by atoms with E-state index in [9.17, 15) is 9.90 Å². The second-order valence-corrected chi connectivity index (χ2v) is 8.02. The van der Waals surface area contributed by atoms with Crippen LogP contribution in [0.5, 0.6) is 0 Å². The average molecular weight is 371 g/mol. The first kappa shape index (κ1) is 18.5. The lowest BCUT2D eigenvalue weighted by Gasteiger charge is -2.42. The highest BCUT2D eigenvalue weighted by molar-refractivity contribution is 5.87. The maximum absolute atomic E-state index is 11.9. The van der Waals surface area contributed by atoms with Gasteiger partial charge in [-0.05, 0) is 31.9 Å². The molecule has 4 rings (SSSR count). The molecule has 2 aliphatic heterocycles.